The van der Waals surface area contributed by atoms with Crippen molar-refractivity contribution in [1.82, 2.24) is 0 Å². The second-order valence-electron chi connectivity index (χ2n) is 5.42. The van der Waals surface area contributed by atoms with E-state index >= 15 is 0 Å². The second kappa shape index (κ2) is 6.12. The minimum atomic E-state index is 0.638. The van der Waals surface area contributed by atoms with Gasteiger partial charge >= 0.3 is 0 Å². The van der Waals surface area contributed by atoms with Crippen LogP contribution in [0.5, 0.6) is 5.75 Å². The van der Waals surface area contributed by atoms with Crippen LogP contribution in [0.1, 0.15) is 49.7 Å². The Balaban J connectivity index is 2.13. The molecule has 1 N–H and O–H groups in total. The number of hydrogen-bond acceptors (Lipinski definition) is 2. The van der Waals surface area contributed by atoms with Crippen molar-refractivity contribution in [3.05, 3.63) is 23.3 Å². The molecule has 1 aliphatic rings. The molecule has 0 amide bonds. The fourth-order valence-corrected chi connectivity index (χ4v) is 2.94. The van der Waals surface area contributed by atoms with E-state index in [2.05, 4.69) is 31.3 Å². The lowest BCUT2D eigenvalue weighted by atomic mass is 10.1. The molecule has 0 saturated heterocycles. The molecule has 18 heavy (non-hydrogen) atoms. The van der Waals surface area contributed by atoms with E-state index in [-0.39, 0.29) is 0 Å². The summed E-state index contributed by atoms with van der Waals surface area (Å²) in [5, 5.41) is 3.71. The Morgan fingerprint density at radius 2 is 1.72 bits per heavy atom. The van der Waals surface area contributed by atoms with Gasteiger partial charge in [-0.15, -0.1) is 0 Å². The number of aryl methyl sites for hydroxylation is 1. The molecule has 2 heteroatoms. The van der Waals surface area contributed by atoms with Gasteiger partial charge in [0.05, 0.1) is 7.11 Å². The molecule has 1 aromatic carbocycles. The highest BCUT2D eigenvalue weighted by Gasteiger charge is 2.14. The van der Waals surface area contributed by atoms with Crippen molar-refractivity contribution in [3.63, 3.8) is 0 Å². The maximum Gasteiger partial charge on any atom is 0.126 e. The zero-order valence-corrected chi connectivity index (χ0v) is 11.9. The molecule has 1 fully saturated rings. The first-order valence-corrected chi connectivity index (χ1v) is 7.13. The molecular weight excluding hydrogens is 222 g/mol. The summed E-state index contributed by atoms with van der Waals surface area (Å²) in [6.45, 7) is 4.24. The number of rotatable bonds is 3. The monoisotopic (exact) mass is 247 g/mol. The number of ether oxygens (including phenoxy) is 1. The van der Waals surface area contributed by atoms with Gasteiger partial charge in [-0.25, -0.2) is 0 Å². The van der Waals surface area contributed by atoms with Crippen LogP contribution in [0.3, 0.4) is 0 Å². The Kier molecular flexibility index (Phi) is 4.51. The van der Waals surface area contributed by atoms with E-state index in [1.165, 1.54) is 55.3 Å². The van der Waals surface area contributed by atoms with Crippen LogP contribution in [0.25, 0.3) is 0 Å². The number of benzene rings is 1. The summed E-state index contributed by atoms with van der Waals surface area (Å²) in [5.41, 5.74) is 3.69. The lowest BCUT2D eigenvalue weighted by Crippen LogP contribution is -2.19. The number of methoxy groups -OCH3 is 1. The Labute approximate surface area is 111 Å². The zero-order valence-electron chi connectivity index (χ0n) is 11.9. The summed E-state index contributed by atoms with van der Waals surface area (Å²) in [5.74, 6) is 1.02. The van der Waals surface area contributed by atoms with Crippen LogP contribution < -0.4 is 10.1 Å². The van der Waals surface area contributed by atoms with Crippen LogP contribution in [0, 0.1) is 13.8 Å². The molecule has 1 saturated carbocycles. The molecule has 0 atom stereocenters. The third kappa shape index (κ3) is 2.98. The average Bonchev–Trinajstić information content (AvgIpc) is 2.62. The minimum absolute atomic E-state index is 0.638. The normalized spacial score (nSPS) is 17.3. The molecule has 0 spiro atoms. The van der Waals surface area contributed by atoms with E-state index in [4.69, 9.17) is 4.74 Å². The fourth-order valence-electron chi connectivity index (χ4n) is 2.94. The molecule has 0 radical (unpaired) electrons. The predicted molar refractivity (Wildman–Crippen MR) is 77.6 cm³/mol. The number of nitrogens with one attached hydrogen (secondary N) is 1. The largest absolute Gasteiger partial charge is 0.496 e. The molecule has 1 aromatic rings. The molecule has 100 valence electrons. The molecule has 0 heterocycles. The van der Waals surface area contributed by atoms with Crippen LogP contribution in [-0.4, -0.2) is 13.2 Å². The lowest BCUT2D eigenvalue weighted by Gasteiger charge is -2.21. The van der Waals surface area contributed by atoms with Gasteiger partial charge in [-0.1, -0.05) is 31.7 Å². The van der Waals surface area contributed by atoms with Gasteiger partial charge in [-0.05, 0) is 38.3 Å². The Hall–Kier alpha value is -1.18. The van der Waals surface area contributed by atoms with Gasteiger partial charge in [0.15, 0.2) is 0 Å². The molecule has 0 unspecified atom stereocenters. The fraction of sp³-hybridized carbons (Fsp3) is 0.625. The SMILES string of the molecule is COc1c(C)ccc(NC2CCCCCC2)c1C. The van der Waals surface area contributed by atoms with E-state index in [0.29, 0.717) is 6.04 Å². The maximum absolute atomic E-state index is 5.49. The lowest BCUT2D eigenvalue weighted by molar-refractivity contribution is 0.408. The van der Waals surface area contributed by atoms with Crippen LogP contribution in [0.4, 0.5) is 5.69 Å². The van der Waals surface area contributed by atoms with Crippen LogP contribution in [-0.2, 0) is 0 Å². The first kappa shape index (κ1) is 13.3. The summed E-state index contributed by atoms with van der Waals surface area (Å²) >= 11 is 0. The standard InChI is InChI=1S/C16H25NO/c1-12-10-11-15(13(2)16(12)18-3)17-14-8-6-4-5-7-9-14/h10-11,14,17H,4-9H2,1-3H3. The highest BCUT2D eigenvalue weighted by atomic mass is 16.5. The number of anilines is 1. The van der Waals surface area contributed by atoms with Crippen LogP contribution in [0.15, 0.2) is 12.1 Å². The van der Waals surface area contributed by atoms with Gasteiger partial charge in [0.1, 0.15) is 5.75 Å². The van der Waals surface area contributed by atoms with Crippen molar-refractivity contribution in [3.8, 4) is 5.75 Å². The van der Waals surface area contributed by atoms with E-state index < -0.39 is 0 Å². The van der Waals surface area contributed by atoms with Gasteiger partial charge in [-0.2, -0.15) is 0 Å². The first-order valence-electron chi connectivity index (χ1n) is 7.13. The maximum atomic E-state index is 5.49. The smallest absolute Gasteiger partial charge is 0.126 e. The molecule has 0 bridgehead atoms. The molecule has 0 aromatic heterocycles. The molecule has 2 nitrogen and oxygen atoms in total. The third-order valence-corrected chi connectivity index (χ3v) is 4.02. The van der Waals surface area contributed by atoms with Gasteiger partial charge in [0.25, 0.3) is 0 Å². The van der Waals surface area contributed by atoms with Crippen molar-refractivity contribution < 1.29 is 4.74 Å². The van der Waals surface area contributed by atoms with Crippen molar-refractivity contribution >= 4 is 5.69 Å². The second-order valence-corrected chi connectivity index (χ2v) is 5.42. The highest BCUT2D eigenvalue weighted by Crippen LogP contribution is 2.31. The summed E-state index contributed by atoms with van der Waals surface area (Å²) in [4.78, 5) is 0. The molecular formula is C16H25NO. The average molecular weight is 247 g/mol. The zero-order chi connectivity index (χ0) is 13.0. The van der Waals surface area contributed by atoms with Crippen molar-refractivity contribution in [1.29, 1.82) is 0 Å². The Morgan fingerprint density at radius 1 is 1.06 bits per heavy atom. The molecule has 1 aliphatic carbocycles. The van der Waals surface area contributed by atoms with E-state index in [1.807, 2.05) is 0 Å². The van der Waals surface area contributed by atoms with Gasteiger partial charge in [0.2, 0.25) is 0 Å². The van der Waals surface area contributed by atoms with Crippen molar-refractivity contribution in [2.75, 3.05) is 12.4 Å². The van der Waals surface area contributed by atoms with E-state index in [1.54, 1.807) is 7.11 Å². The Bertz CT molecular complexity index is 392. The van der Waals surface area contributed by atoms with E-state index in [9.17, 15) is 0 Å². The quantitative estimate of drug-likeness (QED) is 0.797. The van der Waals surface area contributed by atoms with Crippen molar-refractivity contribution in [2.45, 2.75) is 58.4 Å². The van der Waals surface area contributed by atoms with E-state index in [0.717, 1.165) is 5.75 Å². The summed E-state index contributed by atoms with van der Waals surface area (Å²) in [6.07, 6.45) is 8.12. The Morgan fingerprint density at radius 3 is 2.33 bits per heavy atom. The summed E-state index contributed by atoms with van der Waals surface area (Å²) in [6, 6.07) is 4.97. The number of hydrogen-bond donors (Lipinski definition) is 1. The van der Waals surface area contributed by atoms with Crippen molar-refractivity contribution in [2.24, 2.45) is 0 Å². The minimum Gasteiger partial charge on any atom is -0.496 e. The molecule has 0 aliphatic heterocycles. The van der Waals surface area contributed by atoms with Gasteiger partial charge in [0, 0.05) is 17.3 Å². The van der Waals surface area contributed by atoms with Gasteiger partial charge < -0.3 is 10.1 Å². The third-order valence-electron chi connectivity index (χ3n) is 4.02. The topological polar surface area (TPSA) is 21.3 Å². The van der Waals surface area contributed by atoms with Gasteiger partial charge in [-0.3, -0.25) is 0 Å². The molecule has 2 rings (SSSR count). The van der Waals surface area contributed by atoms with Crippen LogP contribution in [0.2, 0.25) is 0 Å². The highest BCUT2D eigenvalue weighted by molar-refractivity contribution is 5.60. The van der Waals surface area contributed by atoms with Crippen LogP contribution >= 0.6 is 0 Å². The first-order chi connectivity index (χ1) is 8.72. The summed E-state index contributed by atoms with van der Waals surface area (Å²) < 4.78 is 5.49. The summed E-state index contributed by atoms with van der Waals surface area (Å²) in [7, 11) is 1.75. The predicted octanol–water partition coefficient (Wildman–Crippen LogP) is 4.45.